The zero-order valence-electron chi connectivity index (χ0n) is 9.31. The smallest absolute Gasteiger partial charge is 0.256 e. The van der Waals surface area contributed by atoms with Crippen molar-refractivity contribution in [1.29, 1.82) is 0 Å². The van der Waals surface area contributed by atoms with Crippen molar-refractivity contribution >= 4 is 40.9 Å². The average Bonchev–Trinajstić information content (AvgIpc) is 2.77. The van der Waals surface area contributed by atoms with Crippen molar-refractivity contribution in [2.75, 3.05) is 18.9 Å². The minimum atomic E-state index is -0.603. The number of benzene rings is 1. The molecule has 2 rings (SSSR count). The van der Waals surface area contributed by atoms with Crippen LogP contribution in [0.3, 0.4) is 0 Å². The lowest BCUT2D eigenvalue weighted by molar-refractivity contribution is -0.165. The summed E-state index contributed by atoms with van der Waals surface area (Å²) in [6.07, 6.45) is -0.603. The molecule has 1 aliphatic rings. The second-order valence-corrected chi connectivity index (χ2v) is 5.63. The molecular formula is C11H11Cl2NO3S. The summed E-state index contributed by atoms with van der Waals surface area (Å²) in [5.74, 6) is -0.0140. The molecule has 0 aromatic heterocycles. The number of β-amino-alcohol motifs (C(OH)–C–C–N with tert-alkyl or cyclic N) is 1. The third-order valence-corrected chi connectivity index (χ3v) is 4.04. The molecule has 0 spiro atoms. The second kappa shape index (κ2) is 6.12. The first kappa shape index (κ1) is 14.0. The van der Waals surface area contributed by atoms with Crippen LogP contribution in [0.4, 0.5) is 0 Å². The molecule has 1 heterocycles. The van der Waals surface area contributed by atoms with Gasteiger partial charge in [0.1, 0.15) is 6.61 Å². The van der Waals surface area contributed by atoms with Crippen molar-refractivity contribution in [2.24, 2.45) is 0 Å². The Morgan fingerprint density at radius 1 is 1.56 bits per heavy atom. The first-order chi connectivity index (χ1) is 8.56. The van der Waals surface area contributed by atoms with E-state index in [1.165, 1.54) is 16.8 Å². The predicted octanol–water partition coefficient (Wildman–Crippen LogP) is 2.22. The van der Waals surface area contributed by atoms with E-state index in [2.05, 4.69) is 0 Å². The van der Waals surface area contributed by atoms with Crippen LogP contribution in [0.2, 0.25) is 10.0 Å². The van der Waals surface area contributed by atoms with Gasteiger partial charge in [-0.1, -0.05) is 23.2 Å². The van der Waals surface area contributed by atoms with E-state index in [1.54, 1.807) is 18.2 Å². The number of thioether (sulfide) groups is 1. The SMILES string of the molecule is O=C(CSc1cc(Cl)ccc1Cl)N1C[C@@H](O)CO1. The Morgan fingerprint density at radius 3 is 3.00 bits per heavy atom. The van der Waals surface area contributed by atoms with Crippen LogP contribution in [0, 0.1) is 0 Å². The summed E-state index contributed by atoms with van der Waals surface area (Å²) in [7, 11) is 0. The van der Waals surface area contributed by atoms with Gasteiger partial charge in [-0.3, -0.25) is 9.63 Å². The van der Waals surface area contributed by atoms with E-state index < -0.39 is 6.10 Å². The molecule has 0 unspecified atom stereocenters. The Kier molecular flexibility index (Phi) is 4.75. The molecule has 1 N–H and O–H groups in total. The predicted molar refractivity (Wildman–Crippen MR) is 70.9 cm³/mol. The molecule has 4 nitrogen and oxygen atoms in total. The number of nitrogens with zero attached hydrogens (tertiary/aromatic N) is 1. The van der Waals surface area contributed by atoms with Gasteiger partial charge in [0.05, 0.1) is 23.4 Å². The van der Waals surface area contributed by atoms with Gasteiger partial charge in [-0.05, 0) is 18.2 Å². The van der Waals surface area contributed by atoms with Crippen LogP contribution in [0.5, 0.6) is 0 Å². The first-order valence-electron chi connectivity index (χ1n) is 5.25. The number of hydrogen-bond donors (Lipinski definition) is 1. The average molecular weight is 308 g/mol. The van der Waals surface area contributed by atoms with Crippen LogP contribution in [0.15, 0.2) is 23.1 Å². The highest BCUT2D eigenvalue weighted by molar-refractivity contribution is 8.00. The first-order valence-corrected chi connectivity index (χ1v) is 6.99. The van der Waals surface area contributed by atoms with Crippen molar-refractivity contribution < 1.29 is 14.7 Å². The molecule has 0 bridgehead atoms. The quantitative estimate of drug-likeness (QED) is 0.870. The molecule has 0 radical (unpaired) electrons. The fraction of sp³-hybridized carbons (Fsp3) is 0.364. The Bertz CT molecular complexity index is 458. The van der Waals surface area contributed by atoms with Gasteiger partial charge < -0.3 is 5.11 Å². The standard InChI is InChI=1S/C11H11Cl2NO3S/c12-7-1-2-9(13)10(3-7)18-6-11(16)14-4-8(15)5-17-14/h1-3,8,15H,4-6H2/t8-/m1/s1. The number of halogens is 2. The molecule has 0 aliphatic carbocycles. The summed E-state index contributed by atoms with van der Waals surface area (Å²) < 4.78 is 0. The van der Waals surface area contributed by atoms with Gasteiger partial charge in [-0.15, -0.1) is 11.8 Å². The zero-order valence-corrected chi connectivity index (χ0v) is 11.6. The highest BCUT2D eigenvalue weighted by Crippen LogP contribution is 2.30. The van der Waals surface area contributed by atoms with E-state index >= 15 is 0 Å². The van der Waals surface area contributed by atoms with Crippen LogP contribution in [-0.4, -0.2) is 41.1 Å². The third kappa shape index (κ3) is 3.52. The minimum Gasteiger partial charge on any atom is -0.389 e. The number of amides is 1. The number of aliphatic hydroxyl groups excluding tert-OH is 1. The fourth-order valence-corrected chi connectivity index (χ4v) is 2.80. The van der Waals surface area contributed by atoms with Crippen LogP contribution >= 0.6 is 35.0 Å². The topological polar surface area (TPSA) is 49.8 Å². The van der Waals surface area contributed by atoms with Crippen LogP contribution in [0.25, 0.3) is 0 Å². The number of aliphatic hydroxyl groups is 1. The van der Waals surface area contributed by atoms with E-state index in [9.17, 15) is 9.90 Å². The Hall–Kier alpha value is -0.460. The van der Waals surface area contributed by atoms with Gasteiger partial charge in [0.25, 0.3) is 5.91 Å². The fourth-order valence-electron chi connectivity index (χ4n) is 1.45. The van der Waals surface area contributed by atoms with Crippen LogP contribution in [0.1, 0.15) is 0 Å². The summed E-state index contributed by atoms with van der Waals surface area (Å²) in [5.41, 5.74) is 0. The van der Waals surface area contributed by atoms with Gasteiger partial charge in [0.2, 0.25) is 0 Å². The third-order valence-electron chi connectivity index (χ3n) is 2.32. The maximum Gasteiger partial charge on any atom is 0.256 e. The largest absolute Gasteiger partial charge is 0.389 e. The van der Waals surface area contributed by atoms with E-state index in [0.717, 1.165) is 4.90 Å². The second-order valence-electron chi connectivity index (χ2n) is 3.77. The van der Waals surface area contributed by atoms with Gasteiger partial charge in [0.15, 0.2) is 0 Å². The molecule has 7 heteroatoms. The van der Waals surface area contributed by atoms with Gasteiger partial charge in [-0.2, -0.15) is 0 Å². The van der Waals surface area contributed by atoms with Crippen molar-refractivity contribution in [3.63, 3.8) is 0 Å². The van der Waals surface area contributed by atoms with Crippen LogP contribution < -0.4 is 0 Å². The lowest BCUT2D eigenvalue weighted by atomic mass is 10.4. The summed E-state index contributed by atoms with van der Waals surface area (Å²) in [6.45, 7) is 0.372. The monoisotopic (exact) mass is 307 g/mol. The van der Waals surface area contributed by atoms with Crippen molar-refractivity contribution in [3.8, 4) is 0 Å². The van der Waals surface area contributed by atoms with E-state index in [1.807, 2.05) is 0 Å². The zero-order chi connectivity index (χ0) is 13.1. The van der Waals surface area contributed by atoms with E-state index in [4.69, 9.17) is 28.0 Å². The highest BCUT2D eigenvalue weighted by Gasteiger charge is 2.25. The van der Waals surface area contributed by atoms with Crippen molar-refractivity contribution in [2.45, 2.75) is 11.0 Å². The van der Waals surface area contributed by atoms with Gasteiger partial charge >= 0.3 is 0 Å². The molecule has 18 heavy (non-hydrogen) atoms. The van der Waals surface area contributed by atoms with Crippen molar-refractivity contribution in [1.82, 2.24) is 5.06 Å². The van der Waals surface area contributed by atoms with Gasteiger partial charge in [-0.25, -0.2) is 5.06 Å². The summed E-state index contributed by atoms with van der Waals surface area (Å²) >= 11 is 13.1. The Balaban J connectivity index is 1.91. The summed E-state index contributed by atoms with van der Waals surface area (Å²) in [5, 5.41) is 11.6. The van der Waals surface area contributed by atoms with Gasteiger partial charge in [0, 0.05) is 9.92 Å². The molecule has 1 aromatic rings. The number of rotatable bonds is 3. The molecule has 1 atom stereocenters. The van der Waals surface area contributed by atoms with Crippen molar-refractivity contribution in [3.05, 3.63) is 28.2 Å². The Labute approximate surface area is 119 Å². The Morgan fingerprint density at radius 2 is 2.33 bits per heavy atom. The molecule has 98 valence electrons. The van der Waals surface area contributed by atoms with E-state index in [0.29, 0.717) is 10.0 Å². The van der Waals surface area contributed by atoms with E-state index in [-0.39, 0.29) is 24.8 Å². The molecule has 1 aromatic carbocycles. The number of carbonyl (C=O) groups is 1. The number of hydroxylamine groups is 2. The number of hydrogen-bond acceptors (Lipinski definition) is 4. The van der Waals surface area contributed by atoms with Crippen LogP contribution in [-0.2, 0) is 9.63 Å². The minimum absolute atomic E-state index is 0.161. The number of carbonyl (C=O) groups excluding carboxylic acids is 1. The lowest BCUT2D eigenvalue weighted by Gasteiger charge is -2.13. The highest BCUT2D eigenvalue weighted by atomic mass is 35.5. The normalized spacial score (nSPS) is 19.3. The molecule has 0 saturated carbocycles. The lowest BCUT2D eigenvalue weighted by Crippen LogP contribution is -2.29. The molecule has 1 amide bonds. The molecule has 1 fully saturated rings. The summed E-state index contributed by atoms with van der Waals surface area (Å²) in [6, 6.07) is 5.09. The summed E-state index contributed by atoms with van der Waals surface area (Å²) in [4.78, 5) is 17.5. The molecule has 1 saturated heterocycles. The maximum absolute atomic E-state index is 11.8. The maximum atomic E-state index is 11.8. The molecular weight excluding hydrogens is 297 g/mol. The molecule has 1 aliphatic heterocycles.